The van der Waals surface area contributed by atoms with Gasteiger partial charge in [-0.05, 0) is 12.1 Å². The topological polar surface area (TPSA) is 145 Å². The highest BCUT2D eigenvalue weighted by atomic mass is 32.2. The standard InChI is InChI=1S/C14H15N5O5S2/c15-12(20)10-7-11(26(22,23)19-3-5-24-6-4-19)25-14(10)18-13(21)9-1-2-16-17-8-9/h1-2,7-8H,3-6H2,(H2,15,20)(H,18,21). The van der Waals surface area contributed by atoms with E-state index >= 15 is 0 Å². The van der Waals surface area contributed by atoms with Crippen molar-refractivity contribution in [2.24, 2.45) is 5.73 Å². The second-order valence-corrected chi connectivity index (χ2v) is 8.49. The van der Waals surface area contributed by atoms with E-state index < -0.39 is 21.8 Å². The van der Waals surface area contributed by atoms with Gasteiger partial charge in [0, 0.05) is 13.1 Å². The van der Waals surface area contributed by atoms with E-state index in [0.29, 0.717) is 13.2 Å². The molecule has 2 aromatic rings. The third-order valence-electron chi connectivity index (χ3n) is 3.61. The number of rotatable bonds is 5. The fourth-order valence-electron chi connectivity index (χ4n) is 2.29. The Hall–Kier alpha value is -2.41. The van der Waals surface area contributed by atoms with Gasteiger partial charge in [0.2, 0.25) is 0 Å². The van der Waals surface area contributed by atoms with Crippen LogP contribution in [0.3, 0.4) is 0 Å². The molecule has 0 aromatic carbocycles. The van der Waals surface area contributed by atoms with Gasteiger partial charge in [-0.1, -0.05) is 0 Å². The fourth-order valence-corrected chi connectivity index (χ4v) is 5.22. The summed E-state index contributed by atoms with van der Waals surface area (Å²) in [6.07, 6.45) is 2.59. The van der Waals surface area contributed by atoms with Gasteiger partial charge in [-0.15, -0.1) is 11.3 Å². The molecule has 138 valence electrons. The summed E-state index contributed by atoms with van der Waals surface area (Å²) < 4.78 is 31.8. The minimum atomic E-state index is -3.81. The van der Waals surface area contributed by atoms with Crippen LogP contribution in [0.25, 0.3) is 0 Å². The number of nitrogens with zero attached hydrogens (tertiary/aromatic N) is 3. The number of sulfonamides is 1. The molecule has 3 N–H and O–H groups in total. The zero-order chi connectivity index (χ0) is 18.7. The second-order valence-electron chi connectivity index (χ2n) is 5.27. The molecular formula is C14H15N5O5S2. The minimum absolute atomic E-state index is 0.0612. The van der Waals surface area contributed by atoms with Gasteiger partial charge in [-0.25, -0.2) is 8.42 Å². The van der Waals surface area contributed by atoms with Crippen LogP contribution in [0.15, 0.2) is 28.7 Å². The molecule has 3 heterocycles. The predicted octanol–water partition coefficient (Wildman–Crippen LogP) is -0.0898. The Labute approximate surface area is 153 Å². The normalized spacial score (nSPS) is 15.5. The molecule has 0 radical (unpaired) electrons. The average Bonchev–Trinajstić information content (AvgIpc) is 3.08. The number of hydrogen-bond acceptors (Lipinski definition) is 8. The highest BCUT2D eigenvalue weighted by molar-refractivity contribution is 7.91. The Morgan fingerprint density at radius 3 is 2.62 bits per heavy atom. The van der Waals surface area contributed by atoms with E-state index in [1.807, 2.05) is 0 Å². The molecule has 0 atom stereocenters. The first-order valence-corrected chi connectivity index (χ1v) is 9.75. The number of nitrogens with two attached hydrogens (primary N) is 1. The Morgan fingerprint density at radius 2 is 2.00 bits per heavy atom. The lowest BCUT2D eigenvalue weighted by Crippen LogP contribution is -2.40. The number of carbonyl (C=O) groups excluding carboxylic acids is 2. The maximum absolute atomic E-state index is 12.7. The first-order chi connectivity index (χ1) is 12.4. The monoisotopic (exact) mass is 397 g/mol. The number of ether oxygens (including phenoxy) is 1. The van der Waals surface area contributed by atoms with E-state index in [1.54, 1.807) is 0 Å². The molecule has 12 heteroatoms. The van der Waals surface area contributed by atoms with Crippen LogP contribution in [0.5, 0.6) is 0 Å². The van der Waals surface area contributed by atoms with Crippen molar-refractivity contribution in [1.29, 1.82) is 0 Å². The maximum Gasteiger partial charge on any atom is 0.257 e. The van der Waals surface area contributed by atoms with Crippen LogP contribution in [0.4, 0.5) is 5.00 Å². The Bertz CT molecular complexity index is 922. The summed E-state index contributed by atoms with van der Waals surface area (Å²) in [5.74, 6) is -1.40. The molecule has 2 amide bonds. The van der Waals surface area contributed by atoms with Crippen molar-refractivity contribution in [3.8, 4) is 0 Å². The van der Waals surface area contributed by atoms with E-state index in [2.05, 4.69) is 15.5 Å². The van der Waals surface area contributed by atoms with Crippen LogP contribution in [0, 0.1) is 0 Å². The summed E-state index contributed by atoms with van der Waals surface area (Å²) in [6.45, 7) is 1.03. The van der Waals surface area contributed by atoms with Crippen LogP contribution in [-0.2, 0) is 14.8 Å². The van der Waals surface area contributed by atoms with E-state index in [4.69, 9.17) is 10.5 Å². The smallest absolute Gasteiger partial charge is 0.257 e. The first kappa shape index (κ1) is 18.4. The van der Waals surface area contributed by atoms with Crippen molar-refractivity contribution in [3.05, 3.63) is 35.7 Å². The third-order valence-corrected chi connectivity index (χ3v) is 7.01. The van der Waals surface area contributed by atoms with E-state index in [-0.39, 0.29) is 33.4 Å². The van der Waals surface area contributed by atoms with Gasteiger partial charge in [0.15, 0.2) is 0 Å². The molecule has 1 aliphatic rings. The minimum Gasteiger partial charge on any atom is -0.379 e. The molecule has 0 saturated carbocycles. The molecule has 0 aliphatic carbocycles. The summed E-state index contributed by atoms with van der Waals surface area (Å²) >= 11 is 0.772. The van der Waals surface area contributed by atoms with Gasteiger partial charge in [-0.3, -0.25) is 9.59 Å². The van der Waals surface area contributed by atoms with E-state index in [0.717, 1.165) is 11.3 Å². The number of carbonyl (C=O) groups is 2. The molecular weight excluding hydrogens is 382 g/mol. The molecule has 0 spiro atoms. The summed E-state index contributed by atoms with van der Waals surface area (Å²) in [5.41, 5.74) is 5.47. The maximum atomic E-state index is 12.7. The number of aromatic nitrogens is 2. The molecule has 1 fully saturated rings. The van der Waals surface area contributed by atoms with Crippen molar-refractivity contribution in [2.75, 3.05) is 31.6 Å². The number of amides is 2. The third kappa shape index (κ3) is 3.72. The summed E-state index contributed by atoms with van der Waals surface area (Å²) in [6, 6.07) is 2.61. The number of hydrogen-bond donors (Lipinski definition) is 2. The van der Waals surface area contributed by atoms with E-state index in [1.165, 1.54) is 28.8 Å². The first-order valence-electron chi connectivity index (χ1n) is 7.49. The fraction of sp³-hybridized carbons (Fsp3) is 0.286. The highest BCUT2D eigenvalue weighted by Crippen LogP contribution is 2.33. The van der Waals surface area contributed by atoms with Gasteiger partial charge in [-0.2, -0.15) is 14.5 Å². The molecule has 1 saturated heterocycles. The van der Waals surface area contributed by atoms with Crippen LogP contribution in [0.1, 0.15) is 20.7 Å². The van der Waals surface area contributed by atoms with Crippen LogP contribution < -0.4 is 11.1 Å². The Balaban J connectivity index is 1.91. The highest BCUT2D eigenvalue weighted by Gasteiger charge is 2.30. The van der Waals surface area contributed by atoms with Crippen LogP contribution in [-0.4, -0.2) is 61.0 Å². The average molecular weight is 397 g/mol. The summed E-state index contributed by atoms with van der Waals surface area (Å²) in [5, 5.41) is 9.74. The zero-order valence-corrected chi connectivity index (χ0v) is 15.0. The van der Waals surface area contributed by atoms with Crippen molar-refractivity contribution < 1.29 is 22.7 Å². The Kier molecular flexibility index (Phi) is 5.27. The van der Waals surface area contributed by atoms with Gasteiger partial charge < -0.3 is 15.8 Å². The predicted molar refractivity (Wildman–Crippen MR) is 92.4 cm³/mol. The lowest BCUT2D eigenvalue weighted by molar-refractivity contribution is 0.0731. The lowest BCUT2D eigenvalue weighted by atomic mass is 10.2. The second kappa shape index (κ2) is 7.45. The van der Waals surface area contributed by atoms with E-state index in [9.17, 15) is 18.0 Å². The lowest BCUT2D eigenvalue weighted by Gasteiger charge is -2.25. The molecule has 2 aromatic heterocycles. The number of nitrogens with one attached hydrogen (secondary N) is 1. The van der Waals surface area contributed by atoms with Gasteiger partial charge in [0.1, 0.15) is 9.21 Å². The van der Waals surface area contributed by atoms with Crippen LogP contribution in [0.2, 0.25) is 0 Å². The molecule has 26 heavy (non-hydrogen) atoms. The van der Waals surface area contributed by atoms with Crippen molar-refractivity contribution in [3.63, 3.8) is 0 Å². The van der Waals surface area contributed by atoms with Gasteiger partial charge in [0.25, 0.3) is 21.8 Å². The molecule has 1 aliphatic heterocycles. The number of thiophene rings is 1. The van der Waals surface area contributed by atoms with Gasteiger partial charge >= 0.3 is 0 Å². The summed E-state index contributed by atoms with van der Waals surface area (Å²) in [4.78, 5) is 23.9. The van der Waals surface area contributed by atoms with Gasteiger partial charge in [0.05, 0.1) is 36.7 Å². The van der Waals surface area contributed by atoms with Crippen molar-refractivity contribution >= 4 is 38.2 Å². The quantitative estimate of drug-likeness (QED) is 0.717. The molecule has 3 rings (SSSR count). The molecule has 10 nitrogen and oxygen atoms in total. The number of anilines is 1. The Morgan fingerprint density at radius 1 is 1.27 bits per heavy atom. The van der Waals surface area contributed by atoms with Crippen LogP contribution >= 0.6 is 11.3 Å². The van der Waals surface area contributed by atoms with Crippen molar-refractivity contribution in [2.45, 2.75) is 4.21 Å². The molecule has 0 bridgehead atoms. The van der Waals surface area contributed by atoms with Crippen molar-refractivity contribution in [1.82, 2.24) is 14.5 Å². The SMILES string of the molecule is NC(=O)c1cc(S(=O)(=O)N2CCOCC2)sc1NC(=O)c1ccnnc1. The summed E-state index contributed by atoms with van der Waals surface area (Å²) in [7, 11) is -3.81. The largest absolute Gasteiger partial charge is 0.379 e. The molecule has 0 unspecified atom stereocenters. The zero-order valence-electron chi connectivity index (χ0n) is 13.4. The number of morpholine rings is 1. The number of primary amides is 1.